The Balaban J connectivity index is 1.89. The molecule has 0 saturated carbocycles. The molecule has 2 N–H and O–H groups in total. The van der Waals surface area contributed by atoms with Crippen LogP contribution in [0.2, 0.25) is 0 Å². The highest BCUT2D eigenvalue weighted by molar-refractivity contribution is 7.92. The minimum Gasteiger partial charge on any atom is -0.495 e. The predicted molar refractivity (Wildman–Crippen MR) is 117 cm³/mol. The second-order valence-corrected chi connectivity index (χ2v) is 10.8. The van der Waals surface area contributed by atoms with Crippen LogP contribution in [0.5, 0.6) is 5.75 Å². The van der Waals surface area contributed by atoms with Gasteiger partial charge >= 0.3 is 0 Å². The van der Waals surface area contributed by atoms with Gasteiger partial charge in [-0.15, -0.1) is 0 Å². The smallest absolute Gasteiger partial charge is 0.262 e. The zero-order chi connectivity index (χ0) is 22.8. The highest BCUT2D eigenvalue weighted by Crippen LogP contribution is 2.30. The van der Waals surface area contributed by atoms with E-state index in [1.54, 1.807) is 30.9 Å². The van der Waals surface area contributed by atoms with E-state index in [0.717, 1.165) is 6.42 Å². The van der Waals surface area contributed by atoms with E-state index in [2.05, 4.69) is 9.44 Å². The monoisotopic (exact) mass is 467 g/mol. The second kappa shape index (κ2) is 8.85. The van der Waals surface area contributed by atoms with Crippen molar-refractivity contribution in [1.82, 2.24) is 4.72 Å². The molecule has 11 heteroatoms. The van der Waals surface area contributed by atoms with Gasteiger partial charge in [0, 0.05) is 24.7 Å². The number of rotatable bonds is 8. The van der Waals surface area contributed by atoms with Gasteiger partial charge in [0.1, 0.15) is 5.75 Å². The third kappa shape index (κ3) is 5.17. The molecule has 0 aliphatic carbocycles. The molecule has 9 nitrogen and oxygen atoms in total. The number of hydrogen-bond donors (Lipinski definition) is 2. The summed E-state index contributed by atoms with van der Waals surface area (Å²) < 4.78 is 60.7. The third-order valence-corrected chi connectivity index (χ3v) is 7.69. The lowest BCUT2D eigenvalue weighted by atomic mass is 10.3. The maximum absolute atomic E-state index is 12.9. The summed E-state index contributed by atoms with van der Waals surface area (Å²) in [6, 6.07) is 9.54. The van der Waals surface area contributed by atoms with E-state index < -0.39 is 20.0 Å². The first-order chi connectivity index (χ1) is 14.5. The van der Waals surface area contributed by atoms with Gasteiger partial charge in [0.15, 0.2) is 0 Å². The fraction of sp³-hybridized carbons (Fsp3) is 0.350. The number of methoxy groups -OCH3 is 1. The van der Waals surface area contributed by atoms with Crippen LogP contribution in [0.25, 0.3) is 0 Å². The van der Waals surface area contributed by atoms with Gasteiger partial charge in [-0.2, -0.15) is 0 Å². The lowest BCUT2D eigenvalue weighted by Gasteiger charge is -2.17. The van der Waals surface area contributed by atoms with Gasteiger partial charge in [-0.05, 0) is 62.7 Å². The fourth-order valence-corrected chi connectivity index (χ4v) is 5.58. The number of nitrogens with zero attached hydrogens (tertiary/aromatic N) is 1. The minimum atomic E-state index is -4.03. The van der Waals surface area contributed by atoms with Crippen LogP contribution >= 0.6 is 0 Å². The third-order valence-electron chi connectivity index (χ3n) is 4.65. The summed E-state index contributed by atoms with van der Waals surface area (Å²) in [7, 11) is -6.50. The van der Waals surface area contributed by atoms with Crippen LogP contribution < -0.4 is 19.1 Å². The Morgan fingerprint density at radius 1 is 0.968 bits per heavy atom. The molecule has 0 spiro atoms. The van der Waals surface area contributed by atoms with Crippen molar-refractivity contribution >= 4 is 37.3 Å². The zero-order valence-corrected chi connectivity index (χ0v) is 19.1. The Morgan fingerprint density at radius 2 is 1.61 bits per heavy atom. The van der Waals surface area contributed by atoms with Gasteiger partial charge in [0.05, 0.1) is 22.6 Å². The molecule has 3 rings (SSSR count). The first-order valence-electron chi connectivity index (χ1n) is 9.67. The van der Waals surface area contributed by atoms with Crippen LogP contribution in [0.15, 0.2) is 52.3 Å². The molecule has 168 valence electrons. The Hall–Kier alpha value is -2.63. The molecule has 1 aliphatic rings. The minimum absolute atomic E-state index is 0.00602. The predicted octanol–water partition coefficient (Wildman–Crippen LogP) is 2.31. The van der Waals surface area contributed by atoms with Crippen molar-refractivity contribution in [3.05, 3.63) is 42.5 Å². The molecule has 2 aromatic carbocycles. The summed E-state index contributed by atoms with van der Waals surface area (Å²) in [6.07, 6.45) is 1.25. The Kier molecular flexibility index (Phi) is 6.58. The van der Waals surface area contributed by atoms with E-state index in [-0.39, 0.29) is 33.2 Å². The van der Waals surface area contributed by atoms with Gasteiger partial charge in [-0.1, -0.05) is 0 Å². The maximum atomic E-state index is 12.9. The molecule has 1 amide bonds. The quantitative estimate of drug-likeness (QED) is 0.614. The summed E-state index contributed by atoms with van der Waals surface area (Å²) >= 11 is 0. The van der Waals surface area contributed by atoms with E-state index in [4.69, 9.17) is 4.74 Å². The summed E-state index contributed by atoms with van der Waals surface area (Å²) in [5.74, 6) is 0.179. The van der Waals surface area contributed by atoms with Crippen LogP contribution in [-0.4, -0.2) is 42.4 Å². The van der Waals surface area contributed by atoms with Crippen LogP contribution in [0.4, 0.5) is 11.4 Å². The Labute approximate surface area is 182 Å². The molecule has 0 unspecified atom stereocenters. The standard InChI is InChI=1S/C20H25N3O6S2/c1-14(2)21-31(27,28)17-10-11-19(29-3)18(13-17)22-30(25,26)16-8-6-15(7-9-16)23-12-4-5-20(23)24/h6-11,13-14,21-22H,4-5,12H2,1-3H3. The summed E-state index contributed by atoms with van der Waals surface area (Å²) in [5.41, 5.74) is 0.625. The molecule has 0 aromatic heterocycles. The van der Waals surface area contributed by atoms with Crippen molar-refractivity contribution in [2.45, 2.75) is 42.5 Å². The lowest BCUT2D eigenvalue weighted by molar-refractivity contribution is -0.117. The van der Waals surface area contributed by atoms with Crippen LogP contribution in [0.1, 0.15) is 26.7 Å². The van der Waals surface area contributed by atoms with Gasteiger partial charge in [0.25, 0.3) is 10.0 Å². The zero-order valence-electron chi connectivity index (χ0n) is 17.5. The van der Waals surface area contributed by atoms with Crippen LogP contribution in [0.3, 0.4) is 0 Å². The molecule has 1 fully saturated rings. The number of ether oxygens (including phenoxy) is 1. The van der Waals surface area contributed by atoms with Gasteiger partial charge < -0.3 is 9.64 Å². The molecule has 0 radical (unpaired) electrons. The molecular weight excluding hydrogens is 442 g/mol. The van der Waals surface area contributed by atoms with Gasteiger partial charge in [-0.3, -0.25) is 9.52 Å². The largest absolute Gasteiger partial charge is 0.495 e. The average Bonchev–Trinajstić information content (AvgIpc) is 3.12. The van der Waals surface area contributed by atoms with Crippen molar-refractivity contribution in [3.63, 3.8) is 0 Å². The van der Waals surface area contributed by atoms with Gasteiger partial charge in [0.2, 0.25) is 15.9 Å². The number of hydrogen-bond acceptors (Lipinski definition) is 6. The number of sulfonamides is 2. The van der Waals surface area contributed by atoms with E-state index in [9.17, 15) is 21.6 Å². The van der Waals surface area contributed by atoms with Crippen molar-refractivity contribution in [2.75, 3.05) is 23.3 Å². The first-order valence-corrected chi connectivity index (χ1v) is 12.6. The van der Waals surface area contributed by atoms with E-state index in [0.29, 0.717) is 18.7 Å². The maximum Gasteiger partial charge on any atom is 0.262 e. The molecule has 1 aliphatic heterocycles. The molecule has 31 heavy (non-hydrogen) atoms. The normalized spacial score (nSPS) is 14.8. The SMILES string of the molecule is COc1ccc(S(=O)(=O)NC(C)C)cc1NS(=O)(=O)c1ccc(N2CCCC2=O)cc1. The number of carbonyl (C=O) groups excluding carboxylic acids is 1. The van der Waals surface area contributed by atoms with Crippen LogP contribution in [-0.2, 0) is 24.8 Å². The highest BCUT2D eigenvalue weighted by atomic mass is 32.2. The molecule has 2 aromatic rings. The highest BCUT2D eigenvalue weighted by Gasteiger charge is 2.24. The number of nitrogens with one attached hydrogen (secondary N) is 2. The number of anilines is 2. The summed E-state index contributed by atoms with van der Waals surface area (Å²) in [5, 5.41) is 0. The summed E-state index contributed by atoms with van der Waals surface area (Å²) in [4.78, 5) is 13.4. The van der Waals surface area contributed by atoms with Crippen molar-refractivity contribution in [3.8, 4) is 5.75 Å². The van der Waals surface area contributed by atoms with Crippen molar-refractivity contribution < 1.29 is 26.4 Å². The number of benzene rings is 2. The fourth-order valence-electron chi connectivity index (χ4n) is 3.24. The molecular formula is C20H25N3O6S2. The Morgan fingerprint density at radius 3 is 2.16 bits per heavy atom. The topological polar surface area (TPSA) is 122 Å². The van der Waals surface area contributed by atoms with Gasteiger partial charge in [-0.25, -0.2) is 21.6 Å². The first kappa shape index (κ1) is 23.0. The van der Waals surface area contributed by atoms with E-state index in [1.165, 1.54) is 37.4 Å². The average molecular weight is 468 g/mol. The lowest BCUT2D eigenvalue weighted by Crippen LogP contribution is -2.30. The van der Waals surface area contributed by atoms with E-state index >= 15 is 0 Å². The summed E-state index contributed by atoms with van der Waals surface area (Å²) in [6.45, 7) is 3.97. The van der Waals surface area contributed by atoms with Crippen molar-refractivity contribution in [1.29, 1.82) is 0 Å². The number of amides is 1. The molecule has 0 atom stereocenters. The number of carbonyl (C=O) groups is 1. The molecule has 1 saturated heterocycles. The van der Waals surface area contributed by atoms with Crippen molar-refractivity contribution in [2.24, 2.45) is 0 Å². The Bertz CT molecular complexity index is 1180. The van der Waals surface area contributed by atoms with Crippen LogP contribution in [0, 0.1) is 0 Å². The molecule has 0 bridgehead atoms. The molecule has 1 heterocycles. The second-order valence-electron chi connectivity index (χ2n) is 7.39. The van der Waals surface area contributed by atoms with E-state index in [1.807, 2.05) is 0 Å².